The van der Waals surface area contributed by atoms with E-state index in [-0.39, 0.29) is 17.7 Å². The molecule has 0 bridgehead atoms. The van der Waals surface area contributed by atoms with Crippen LogP contribution in [0.5, 0.6) is 0 Å². The zero-order valence-corrected chi connectivity index (χ0v) is 18.2. The third-order valence-electron chi connectivity index (χ3n) is 5.37. The molecular weight excluding hydrogens is 438 g/mol. The van der Waals surface area contributed by atoms with E-state index in [9.17, 15) is 14.4 Å². The molecule has 3 heterocycles. The van der Waals surface area contributed by atoms with Crippen LogP contribution in [0.2, 0.25) is 0 Å². The Bertz CT molecular complexity index is 1330. The number of hydrogen-bond acceptors (Lipinski definition) is 5. The van der Waals surface area contributed by atoms with Gasteiger partial charge in [0, 0.05) is 29.2 Å². The van der Waals surface area contributed by atoms with Crippen molar-refractivity contribution in [1.29, 1.82) is 0 Å². The highest BCUT2D eigenvalue weighted by Crippen LogP contribution is 2.32. The van der Waals surface area contributed by atoms with Gasteiger partial charge in [0.15, 0.2) is 0 Å². The first kappa shape index (κ1) is 20.7. The maximum absolute atomic E-state index is 12.8. The molecule has 2 aromatic heterocycles. The Morgan fingerprint density at radius 2 is 1.73 bits per heavy atom. The van der Waals surface area contributed by atoms with Crippen molar-refractivity contribution < 1.29 is 18.8 Å². The molecule has 3 amide bonds. The van der Waals surface area contributed by atoms with Crippen molar-refractivity contribution in [3.8, 4) is 0 Å². The summed E-state index contributed by atoms with van der Waals surface area (Å²) in [6, 6.07) is 17.5. The highest BCUT2D eigenvalue weighted by atomic mass is 32.1. The van der Waals surface area contributed by atoms with Crippen molar-refractivity contribution in [2.75, 3.05) is 22.1 Å². The first-order valence-corrected chi connectivity index (χ1v) is 11.2. The Balaban J connectivity index is 1.28. The van der Waals surface area contributed by atoms with Crippen LogP contribution in [-0.2, 0) is 6.42 Å². The summed E-state index contributed by atoms with van der Waals surface area (Å²) >= 11 is 1.35. The third kappa shape index (κ3) is 4.28. The first-order chi connectivity index (χ1) is 16.1. The fourth-order valence-corrected chi connectivity index (χ4v) is 4.39. The molecule has 5 rings (SSSR count). The first-order valence-electron chi connectivity index (χ1n) is 10.3. The van der Waals surface area contributed by atoms with Gasteiger partial charge in [0.25, 0.3) is 17.7 Å². The van der Waals surface area contributed by atoms with Gasteiger partial charge in [0.1, 0.15) is 6.26 Å². The number of rotatable bonds is 5. The summed E-state index contributed by atoms with van der Waals surface area (Å²) in [5.41, 5.74) is 3.94. The second-order valence-electron chi connectivity index (χ2n) is 7.53. The van der Waals surface area contributed by atoms with Crippen molar-refractivity contribution in [3.05, 3.63) is 100 Å². The fourth-order valence-electron chi connectivity index (χ4n) is 3.77. The highest BCUT2D eigenvalue weighted by Gasteiger charge is 2.26. The minimum Gasteiger partial charge on any atom is -0.472 e. The molecule has 1 aliphatic rings. The molecule has 7 nitrogen and oxygen atoms in total. The maximum atomic E-state index is 12.8. The van der Waals surface area contributed by atoms with E-state index in [1.165, 1.54) is 23.9 Å². The second-order valence-corrected chi connectivity index (χ2v) is 8.48. The van der Waals surface area contributed by atoms with Crippen molar-refractivity contribution in [2.45, 2.75) is 6.42 Å². The Morgan fingerprint density at radius 3 is 2.52 bits per heavy atom. The van der Waals surface area contributed by atoms with Crippen LogP contribution >= 0.6 is 11.3 Å². The molecule has 0 unspecified atom stereocenters. The molecule has 0 aliphatic carbocycles. The van der Waals surface area contributed by atoms with E-state index in [0.717, 1.165) is 11.3 Å². The summed E-state index contributed by atoms with van der Waals surface area (Å²) in [7, 11) is 0. The SMILES string of the molecule is O=C(Nc1ccc2c(c1)CCN2C(=O)c1ccoc1)c1cccc(NC(=O)c2cccs2)c1. The lowest BCUT2D eigenvalue weighted by Crippen LogP contribution is -2.28. The van der Waals surface area contributed by atoms with E-state index < -0.39 is 0 Å². The monoisotopic (exact) mass is 457 g/mol. The Kier molecular flexibility index (Phi) is 5.50. The summed E-state index contributed by atoms with van der Waals surface area (Å²) in [5.74, 6) is -0.608. The number of carbonyl (C=O) groups is 3. The molecule has 0 atom stereocenters. The van der Waals surface area contributed by atoms with Gasteiger partial charge >= 0.3 is 0 Å². The predicted molar refractivity (Wildman–Crippen MR) is 127 cm³/mol. The minimum atomic E-state index is -0.286. The highest BCUT2D eigenvalue weighted by molar-refractivity contribution is 7.12. The normalized spacial score (nSPS) is 12.3. The van der Waals surface area contributed by atoms with E-state index in [4.69, 9.17) is 4.42 Å². The number of anilines is 3. The lowest BCUT2D eigenvalue weighted by molar-refractivity contribution is 0.0986. The molecule has 164 valence electrons. The van der Waals surface area contributed by atoms with Crippen LogP contribution in [0.3, 0.4) is 0 Å². The number of carbonyl (C=O) groups excluding carboxylic acids is 3. The number of hydrogen-bond donors (Lipinski definition) is 2. The van der Waals surface area contributed by atoms with Gasteiger partial charge in [-0.1, -0.05) is 12.1 Å². The van der Waals surface area contributed by atoms with Gasteiger partial charge in [-0.2, -0.15) is 0 Å². The smallest absolute Gasteiger partial charge is 0.265 e. The van der Waals surface area contributed by atoms with Crippen molar-refractivity contribution in [3.63, 3.8) is 0 Å². The van der Waals surface area contributed by atoms with E-state index in [1.807, 2.05) is 23.6 Å². The van der Waals surface area contributed by atoms with Gasteiger partial charge in [-0.05, 0) is 65.9 Å². The summed E-state index contributed by atoms with van der Waals surface area (Å²) in [6.07, 6.45) is 3.62. The third-order valence-corrected chi connectivity index (χ3v) is 6.24. The molecule has 8 heteroatoms. The lowest BCUT2D eigenvalue weighted by Gasteiger charge is -2.16. The van der Waals surface area contributed by atoms with Crippen molar-refractivity contribution >= 4 is 46.1 Å². The van der Waals surface area contributed by atoms with Crippen LogP contribution in [0, 0.1) is 0 Å². The zero-order chi connectivity index (χ0) is 22.8. The fraction of sp³-hybridized carbons (Fsp3) is 0.0800. The second kappa shape index (κ2) is 8.76. The predicted octanol–water partition coefficient (Wildman–Crippen LogP) is 5.05. The number of nitrogens with zero attached hydrogens (tertiary/aromatic N) is 1. The van der Waals surface area contributed by atoms with Crippen molar-refractivity contribution in [2.24, 2.45) is 0 Å². The summed E-state index contributed by atoms with van der Waals surface area (Å²) in [4.78, 5) is 40.1. The molecule has 0 radical (unpaired) electrons. The molecule has 2 N–H and O–H groups in total. The number of furan rings is 1. The number of nitrogens with one attached hydrogen (secondary N) is 2. The quantitative estimate of drug-likeness (QED) is 0.439. The van der Waals surface area contributed by atoms with E-state index in [2.05, 4.69) is 10.6 Å². The van der Waals surface area contributed by atoms with Crippen LogP contribution in [-0.4, -0.2) is 24.3 Å². The molecule has 1 aliphatic heterocycles. The summed E-state index contributed by atoms with van der Waals surface area (Å²) < 4.78 is 5.02. The lowest BCUT2D eigenvalue weighted by atomic mass is 10.1. The van der Waals surface area contributed by atoms with Crippen LogP contribution in [0.1, 0.15) is 36.0 Å². The van der Waals surface area contributed by atoms with Gasteiger partial charge in [-0.15, -0.1) is 11.3 Å². The average Bonchev–Trinajstić information content (AvgIpc) is 3.60. The molecule has 33 heavy (non-hydrogen) atoms. The standard InChI is InChI=1S/C25H19N3O4S/c29-23(17-3-1-4-19(14-17)27-24(30)22-5-2-12-33-22)26-20-6-7-21-16(13-20)8-10-28(21)25(31)18-9-11-32-15-18/h1-7,9,11-15H,8,10H2,(H,26,29)(H,27,30). The van der Waals surface area contributed by atoms with Crippen LogP contribution < -0.4 is 15.5 Å². The number of thiophene rings is 1. The van der Waals surface area contributed by atoms with E-state index in [0.29, 0.717) is 40.3 Å². The molecule has 2 aromatic carbocycles. The van der Waals surface area contributed by atoms with Gasteiger partial charge in [0.05, 0.1) is 16.7 Å². The number of amides is 3. The van der Waals surface area contributed by atoms with Gasteiger partial charge in [-0.3, -0.25) is 14.4 Å². The largest absolute Gasteiger partial charge is 0.472 e. The topological polar surface area (TPSA) is 91.7 Å². The zero-order valence-electron chi connectivity index (χ0n) is 17.4. The molecule has 4 aromatic rings. The summed E-state index contributed by atoms with van der Waals surface area (Å²) in [6.45, 7) is 0.572. The molecule has 0 spiro atoms. The number of benzene rings is 2. The minimum absolute atomic E-state index is 0.110. The van der Waals surface area contributed by atoms with E-state index in [1.54, 1.807) is 47.4 Å². The summed E-state index contributed by atoms with van der Waals surface area (Å²) in [5, 5.41) is 7.55. The Hall–Kier alpha value is -4.17. The molecule has 0 saturated carbocycles. The molecule has 0 saturated heterocycles. The van der Waals surface area contributed by atoms with Crippen LogP contribution in [0.15, 0.2) is 83.0 Å². The number of fused-ring (bicyclic) bond motifs is 1. The van der Waals surface area contributed by atoms with E-state index >= 15 is 0 Å². The maximum Gasteiger partial charge on any atom is 0.265 e. The Morgan fingerprint density at radius 1 is 0.879 bits per heavy atom. The van der Waals surface area contributed by atoms with Crippen LogP contribution in [0.4, 0.5) is 17.1 Å². The van der Waals surface area contributed by atoms with Gasteiger partial charge in [-0.25, -0.2) is 0 Å². The molecule has 0 fully saturated rings. The van der Waals surface area contributed by atoms with Crippen LogP contribution in [0.25, 0.3) is 0 Å². The van der Waals surface area contributed by atoms with Gasteiger partial charge in [0.2, 0.25) is 0 Å². The van der Waals surface area contributed by atoms with Crippen molar-refractivity contribution in [1.82, 2.24) is 0 Å². The Labute approximate surface area is 193 Å². The van der Waals surface area contributed by atoms with Gasteiger partial charge < -0.3 is 20.0 Å². The average molecular weight is 458 g/mol. The molecular formula is C25H19N3O4S.